The third-order valence-corrected chi connectivity index (χ3v) is 1.42. The monoisotopic (exact) mass is 260 g/mol. The molecular weight excluding hydrogens is 248 g/mol. The summed E-state index contributed by atoms with van der Waals surface area (Å²) in [4.78, 5) is 9.90. The maximum Gasteiger partial charge on any atom is 0.151 e. The summed E-state index contributed by atoms with van der Waals surface area (Å²) < 4.78 is 0. The average molecular weight is 261 g/mol. The number of halogens is 1. The highest BCUT2D eigenvalue weighted by atomic mass is 79.9. The molecule has 0 aliphatic heterocycles. The molecule has 0 bridgehead atoms. The van der Waals surface area contributed by atoms with Crippen LogP contribution in [0.2, 0.25) is 0 Å². The second-order valence-corrected chi connectivity index (χ2v) is 2.36. The number of rotatable bonds is 5. The van der Waals surface area contributed by atoms with E-state index in [2.05, 4.69) is 0 Å². The quantitative estimate of drug-likeness (QED) is 0.341. The minimum atomic E-state index is -1.79. The standard InChI is InChI=1S/C6H12O6.BrH/c7-1-3(9)5(11)6(12)4(10)2-8;/h1,3-6,8-12H,2H2;1H/t3-,4-,5-,6-;/m1./s1. The van der Waals surface area contributed by atoms with Crippen molar-refractivity contribution in [1.29, 1.82) is 0 Å². The molecular formula is C6H13BrO6. The van der Waals surface area contributed by atoms with Gasteiger partial charge in [-0.1, -0.05) is 0 Å². The van der Waals surface area contributed by atoms with Gasteiger partial charge in [-0.3, -0.25) is 0 Å². The molecule has 0 aromatic heterocycles. The lowest BCUT2D eigenvalue weighted by Gasteiger charge is -2.22. The molecule has 0 aliphatic carbocycles. The van der Waals surface area contributed by atoms with Gasteiger partial charge in [0.2, 0.25) is 0 Å². The van der Waals surface area contributed by atoms with Gasteiger partial charge in [0, 0.05) is 0 Å². The van der Waals surface area contributed by atoms with Crippen LogP contribution in [0.25, 0.3) is 0 Å². The van der Waals surface area contributed by atoms with E-state index in [0.717, 1.165) is 0 Å². The van der Waals surface area contributed by atoms with Gasteiger partial charge in [0.25, 0.3) is 0 Å². The minimum absolute atomic E-state index is 0. The van der Waals surface area contributed by atoms with Crippen LogP contribution >= 0.6 is 17.0 Å². The third kappa shape index (κ3) is 4.65. The highest BCUT2D eigenvalue weighted by Crippen LogP contribution is 2.02. The van der Waals surface area contributed by atoms with Crippen molar-refractivity contribution in [1.82, 2.24) is 0 Å². The average Bonchev–Trinajstić information content (AvgIpc) is 2.12. The van der Waals surface area contributed by atoms with E-state index in [4.69, 9.17) is 25.5 Å². The Morgan fingerprint density at radius 1 is 1.08 bits per heavy atom. The fourth-order valence-corrected chi connectivity index (χ4v) is 0.618. The fraction of sp³-hybridized carbons (Fsp3) is 0.833. The summed E-state index contributed by atoms with van der Waals surface area (Å²) in [5.74, 6) is 0. The van der Waals surface area contributed by atoms with Crippen LogP contribution in [-0.4, -0.2) is 62.8 Å². The van der Waals surface area contributed by atoms with Crippen LogP contribution in [0.3, 0.4) is 0 Å². The Balaban J connectivity index is 0. The molecule has 0 unspecified atom stereocenters. The molecule has 0 amide bonds. The van der Waals surface area contributed by atoms with E-state index in [-0.39, 0.29) is 23.3 Å². The molecule has 0 aromatic rings. The van der Waals surface area contributed by atoms with Crippen molar-refractivity contribution >= 4 is 23.3 Å². The number of aldehydes is 1. The maximum atomic E-state index is 9.90. The summed E-state index contributed by atoms with van der Waals surface area (Å²) in [5.41, 5.74) is 0. The summed E-state index contributed by atoms with van der Waals surface area (Å²) in [6.45, 7) is -0.760. The van der Waals surface area contributed by atoms with Crippen LogP contribution in [0, 0.1) is 0 Å². The molecule has 4 atom stereocenters. The Labute approximate surface area is 85.2 Å². The van der Waals surface area contributed by atoms with Gasteiger partial charge in [0.05, 0.1) is 6.61 Å². The van der Waals surface area contributed by atoms with Crippen LogP contribution in [0.5, 0.6) is 0 Å². The van der Waals surface area contributed by atoms with Crippen molar-refractivity contribution in [2.75, 3.05) is 6.61 Å². The summed E-state index contributed by atoms with van der Waals surface area (Å²) in [6.07, 6.45) is -6.84. The van der Waals surface area contributed by atoms with Crippen molar-refractivity contribution in [2.24, 2.45) is 0 Å². The van der Waals surface area contributed by atoms with Crippen LogP contribution in [0.1, 0.15) is 0 Å². The van der Waals surface area contributed by atoms with Crippen molar-refractivity contribution < 1.29 is 30.3 Å². The van der Waals surface area contributed by atoms with Crippen LogP contribution < -0.4 is 0 Å². The molecule has 0 spiro atoms. The first-order valence-corrected chi connectivity index (χ1v) is 3.33. The van der Waals surface area contributed by atoms with Crippen LogP contribution in [0.15, 0.2) is 0 Å². The highest BCUT2D eigenvalue weighted by Gasteiger charge is 2.29. The number of carbonyl (C=O) groups is 1. The smallest absolute Gasteiger partial charge is 0.151 e. The topological polar surface area (TPSA) is 118 Å². The van der Waals surface area contributed by atoms with Gasteiger partial charge in [-0.2, -0.15) is 0 Å². The molecule has 0 saturated heterocycles. The molecule has 0 radical (unpaired) electrons. The lowest BCUT2D eigenvalue weighted by molar-refractivity contribution is -0.136. The molecule has 0 saturated carbocycles. The first-order valence-electron chi connectivity index (χ1n) is 3.33. The van der Waals surface area contributed by atoms with E-state index in [0.29, 0.717) is 0 Å². The number of hydrogen-bond donors (Lipinski definition) is 5. The molecule has 13 heavy (non-hydrogen) atoms. The molecule has 7 heteroatoms. The van der Waals surface area contributed by atoms with E-state index in [9.17, 15) is 4.79 Å². The third-order valence-electron chi connectivity index (χ3n) is 1.42. The van der Waals surface area contributed by atoms with Gasteiger partial charge in [-0.05, 0) is 0 Å². The number of carbonyl (C=O) groups excluding carboxylic acids is 1. The van der Waals surface area contributed by atoms with E-state index in [1.165, 1.54) is 0 Å². The molecule has 6 nitrogen and oxygen atoms in total. The van der Waals surface area contributed by atoms with Crippen molar-refractivity contribution in [3.8, 4) is 0 Å². The number of hydrogen-bond acceptors (Lipinski definition) is 6. The molecule has 5 N–H and O–H groups in total. The molecule has 0 fully saturated rings. The van der Waals surface area contributed by atoms with Crippen molar-refractivity contribution in [3.63, 3.8) is 0 Å². The Hall–Kier alpha value is -0.0500. The first kappa shape index (κ1) is 15.4. The lowest BCUT2D eigenvalue weighted by Crippen LogP contribution is -2.46. The van der Waals surface area contributed by atoms with Gasteiger partial charge in [-0.15, -0.1) is 17.0 Å². The van der Waals surface area contributed by atoms with Crippen molar-refractivity contribution in [2.45, 2.75) is 24.4 Å². The zero-order valence-corrected chi connectivity index (χ0v) is 8.36. The van der Waals surface area contributed by atoms with Crippen LogP contribution in [0.4, 0.5) is 0 Å². The van der Waals surface area contributed by atoms with E-state index < -0.39 is 31.0 Å². The molecule has 0 rings (SSSR count). The summed E-state index contributed by atoms with van der Waals surface area (Å²) in [5, 5.41) is 43.5. The van der Waals surface area contributed by atoms with Gasteiger partial charge >= 0.3 is 0 Å². The first-order chi connectivity index (χ1) is 5.54. The van der Waals surface area contributed by atoms with Crippen molar-refractivity contribution in [3.05, 3.63) is 0 Å². The fourth-order valence-electron chi connectivity index (χ4n) is 0.618. The zero-order chi connectivity index (χ0) is 9.72. The second-order valence-electron chi connectivity index (χ2n) is 2.36. The summed E-state index contributed by atoms with van der Waals surface area (Å²) >= 11 is 0. The van der Waals surface area contributed by atoms with Gasteiger partial charge in [0.1, 0.15) is 24.4 Å². The van der Waals surface area contributed by atoms with Gasteiger partial charge < -0.3 is 30.3 Å². The maximum absolute atomic E-state index is 9.90. The summed E-state index contributed by atoms with van der Waals surface area (Å²) in [7, 11) is 0. The summed E-state index contributed by atoms with van der Waals surface area (Å²) in [6, 6.07) is 0. The predicted molar refractivity (Wildman–Crippen MR) is 47.5 cm³/mol. The van der Waals surface area contributed by atoms with Crippen LogP contribution in [-0.2, 0) is 4.79 Å². The minimum Gasteiger partial charge on any atom is -0.394 e. The molecule has 0 heterocycles. The zero-order valence-electron chi connectivity index (χ0n) is 6.65. The Morgan fingerprint density at radius 2 is 1.54 bits per heavy atom. The van der Waals surface area contributed by atoms with Gasteiger partial charge in [0.15, 0.2) is 6.29 Å². The molecule has 80 valence electrons. The lowest BCUT2D eigenvalue weighted by atomic mass is 10.0. The largest absolute Gasteiger partial charge is 0.394 e. The Bertz CT molecular complexity index is 143. The highest BCUT2D eigenvalue weighted by molar-refractivity contribution is 8.93. The predicted octanol–water partition coefficient (Wildman–Crippen LogP) is -2.80. The van der Waals surface area contributed by atoms with E-state index in [1.807, 2.05) is 0 Å². The normalized spacial score (nSPS) is 19.5. The Kier molecular flexibility index (Phi) is 8.74. The second kappa shape index (κ2) is 7.36. The molecule has 0 aliphatic rings. The SMILES string of the molecule is Br.O=C[C@@H](O)[C@@H](O)[C@H](O)[C@H](O)CO. The number of aliphatic hydroxyl groups excluding tert-OH is 5. The van der Waals surface area contributed by atoms with E-state index in [1.54, 1.807) is 0 Å². The van der Waals surface area contributed by atoms with Gasteiger partial charge in [-0.25, -0.2) is 0 Å². The Morgan fingerprint density at radius 3 is 1.85 bits per heavy atom. The molecule has 0 aromatic carbocycles. The van der Waals surface area contributed by atoms with E-state index >= 15 is 0 Å². The number of aliphatic hydroxyl groups is 5.